The molecule has 7 nitrogen and oxygen atoms in total. The van der Waals surface area contributed by atoms with E-state index in [-0.39, 0.29) is 28.4 Å². The first kappa shape index (κ1) is 19.7. The van der Waals surface area contributed by atoms with Crippen molar-refractivity contribution >= 4 is 23.7 Å². The molecular weight excluding hydrogens is 371 g/mol. The van der Waals surface area contributed by atoms with Gasteiger partial charge in [0.05, 0.1) is 16.9 Å². The van der Waals surface area contributed by atoms with Crippen LogP contribution in [-0.2, 0) is 11.0 Å². The Morgan fingerprint density at radius 3 is 2.65 bits per heavy atom. The average molecular weight is 385 g/mol. The Bertz CT molecular complexity index is 858. The standard InChI is InChI=1S/C15H14F3N5O2S/c1-7(2)12-22-23-14(25-12)21-11(24)6-26-13-9(5-19)10(15(16,17)18)4-8(3)20-13/h4,7H,6H2,1-3H3,(H,21,23,24). The summed E-state index contributed by atoms with van der Waals surface area (Å²) in [7, 11) is 0. The van der Waals surface area contributed by atoms with E-state index < -0.39 is 23.2 Å². The summed E-state index contributed by atoms with van der Waals surface area (Å²) in [5.41, 5.74) is -1.59. The number of alkyl halides is 3. The van der Waals surface area contributed by atoms with Crippen molar-refractivity contribution in [3.8, 4) is 6.07 Å². The van der Waals surface area contributed by atoms with Crippen LogP contribution in [0.4, 0.5) is 19.2 Å². The number of nitrogens with zero attached hydrogens (tertiary/aromatic N) is 4. The van der Waals surface area contributed by atoms with E-state index >= 15 is 0 Å². The van der Waals surface area contributed by atoms with Crippen LogP contribution in [-0.4, -0.2) is 26.8 Å². The Morgan fingerprint density at radius 1 is 1.42 bits per heavy atom. The minimum Gasteiger partial charge on any atom is -0.408 e. The van der Waals surface area contributed by atoms with Crippen LogP contribution in [0.2, 0.25) is 0 Å². The van der Waals surface area contributed by atoms with Gasteiger partial charge in [-0.3, -0.25) is 10.1 Å². The van der Waals surface area contributed by atoms with Crippen LogP contribution in [0.3, 0.4) is 0 Å². The molecule has 0 saturated heterocycles. The Morgan fingerprint density at radius 2 is 2.12 bits per heavy atom. The molecule has 2 aromatic heterocycles. The third-order valence-electron chi connectivity index (χ3n) is 3.05. The molecule has 0 aliphatic carbocycles. The number of nitrogens with one attached hydrogen (secondary N) is 1. The van der Waals surface area contributed by atoms with Gasteiger partial charge in [0.2, 0.25) is 11.8 Å². The first-order valence-corrected chi connectivity index (χ1v) is 8.35. The van der Waals surface area contributed by atoms with Crippen molar-refractivity contribution in [1.82, 2.24) is 15.2 Å². The van der Waals surface area contributed by atoms with Gasteiger partial charge in [0.1, 0.15) is 11.1 Å². The van der Waals surface area contributed by atoms with E-state index in [1.54, 1.807) is 0 Å². The molecule has 0 aliphatic heterocycles. The van der Waals surface area contributed by atoms with Gasteiger partial charge in [0, 0.05) is 11.6 Å². The third-order valence-corrected chi connectivity index (χ3v) is 4.03. The second-order valence-electron chi connectivity index (χ2n) is 5.54. The predicted octanol–water partition coefficient (Wildman–Crippen LogP) is 3.52. The molecule has 0 aliphatic rings. The topological polar surface area (TPSA) is 105 Å². The molecule has 2 rings (SSSR count). The van der Waals surface area contributed by atoms with E-state index in [4.69, 9.17) is 9.68 Å². The number of anilines is 1. The maximum Gasteiger partial charge on any atom is 0.417 e. The number of halogens is 3. The fraction of sp³-hybridized carbons (Fsp3) is 0.400. The minimum absolute atomic E-state index is 0.0157. The Balaban J connectivity index is 2.12. The molecule has 0 aromatic carbocycles. The lowest BCUT2D eigenvalue weighted by atomic mass is 10.1. The summed E-state index contributed by atoms with van der Waals surface area (Å²) in [5.74, 6) is -0.524. The second kappa shape index (κ2) is 7.74. The van der Waals surface area contributed by atoms with Crippen molar-refractivity contribution < 1.29 is 22.4 Å². The van der Waals surface area contributed by atoms with Gasteiger partial charge < -0.3 is 4.42 Å². The Kier molecular flexibility index (Phi) is 5.86. The number of aryl methyl sites for hydroxylation is 1. The molecule has 26 heavy (non-hydrogen) atoms. The maximum atomic E-state index is 13.1. The van der Waals surface area contributed by atoms with E-state index in [0.717, 1.165) is 17.8 Å². The van der Waals surface area contributed by atoms with Crippen LogP contribution in [0.15, 0.2) is 15.5 Å². The normalized spacial score (nSPS) is 11.5. The number of carbonyl (C=O) groups is 1. The van der Waals surface area contributed by atoms with Gasteiger partial charge in [-0.25, -0.2) is 4.98 Å². The fourth-order valence-electron chi connectivity index (χ4n) is 1.89. The molecule has 0 saturated carbocycles. The van der Waals surface area contributed by atoms with Crippen molar-refractivity contribution in [3.05, 3.63) is 28.8 Å². The summed E-state index contributed by atoms with van der Waals surface area (Å²) in [6, 6.07) is 2.21. The van der Waals surface area contributed by atoms with Gasteiger partial charge in [-0.15, -0.1) is 5.10 Å². The second-order valence-corrected chi connectivity index (χ2v) is 6.50. The van der Waals surface area contributed by atoms with E-state index in [1.807, 2.05) is 13.8 Å². The van der Waals surface area contributed by atoms with Crippen LogP contribution >= 0.6 is 11.8 Å². The molecule has 11 heteroatoms. The highest BCUT2D eigenvalue weighted by molar-refractivity contribution is 8.00. The SMILES string of the molecule is Cc1cc(C(F)(F)F)c(C#N)c(SCC(=O)Nc2nnc(C(C)C)o2)n1. The number of pyridine rings is 1. The van der Waals surface area contributed by atoms with Crippen molar-refractivity contribution in [2.24, 2.45) is 0 Å². The molecule has 0 fully saturated rings. The summed E-state index contributed by atoms with van der Waals surface area (Å²) in [4.78, 5) is 15.9. The number of hydrogen-bond donors (Lipinski definition) is 1. The summed E-state index contributed by atoms with van der Waals surface area (Å²) in [6.07, 6.45) is -4.69. The van der Waals surface area contributed by atoms with Gasteiger partial charge in [0.15, 0.2) is 0 Å². The van der Waals surface area contributed by atoms with Crippen LogP contribution in [0.5, 0.6) is 0 Å². The predicted molar refractivity (Wildman–Crippen MR) is 86.4 cm³/mol. The highest BCUT2D eigenvalue weighted by atomic mass is 32.2. The Hall–Kier alpha value is -2.61. The molecule has 0 bridgehead atoms. The van der Waals surface area contributed by atoms with Gasteiger partial charge >= 0.3 is 12.2 Å². The number of rotatable bonds is 5. The summed E-state index contributed by atoms with van der Waals surface area (Å²) in [5, 5.41) is 18.7. The van der Waals surface area contributed by atoms with Crippen molar-refractivity contribution in [1.29, 1.82) is 5.26 Å². The molecule has 2 aromatic rings. The largest absolute Gasteiger partial charge is 0.417 e. The third kappa shape index (κ3) is 4.72. The molecule has 138 valence electrons. The van der Waals surface area contributed by atoms with Gasteiger partial charge in [-0.1, -0.05) is 30.7 Å². The lowest BCUT2D eigenvalue weighted by Gasteiger charge is -2.12. The Labute approximate surface area is 151 Å². The van der Waals surface area contributed by atoms with Crippen molar-refractivity contribution in [2.45, 2.75) is 37.9 Å². The van der Waals surface area contributed by atoms with E-state index in [9.17, 15) is 18.0 Å². The summed E-state index contributed by atoms with van der Waals surface area (Å²) < 4.78 is 44.4. The number of nitriles is 1. The minimum atomic E-state index is -4.69. The number of thioether (sulfide) groups is 1. The fourth-order valence-corrected chi connectivity index (χ4v) is 2.74. The first-order chi connectivity index (χ1) is 12.1. The van der Waals surface area contributed by atoms with E-state index in [1.165, 1.54) is 13.0 Å². The first-order valence-electron chi connectivity index (χ1n) is 7.36. The number of aromatic nitrogens is 3. The molecule has 0 unspecified atom stereocenters. The van der Waals surface area contributed by atoms with Crippen molar-refractivity contribution in [2.75, 3.05) is 11.1 Å². The molecule has 2 heterocycles. The van der Waals surface area contributed by atoms with Crippen LogP contribution < -0.4 is 5.32 Å². The van der Waals surface area contributed by atoms with Gasteiger partial charge in [0.25, 0.3) is 0 Å². The van der Waals surface area contributed by atoms with E-state index in [2.05, 4.69) is 20.5 Å². The molecule has 0 spiro atoms. The zero-order valence-corrected chi connectivity index (χ0v) is 14.8. The number of hydrogen-bond acceptors (Lipinski definition) is 7. The van der Waals surface area contributed by atoms with Gasteiger partial charge in [-0.05, 0) is 13.0 Å². The zero-order valence-electron chi connectivity index (χ0n) is 14.0. The van der Waals surface area contributed by atoms with Gasteiger partial charge in [-0.2, -0.15) is 18.4 Å². The monoisotopic (exact) mass is 385 g/mol. The van der Waals surface area contributed by atoms with Crippen LogP contribution in [0.1, 0.15) is 42.5 Å². The maximum absolute atomic E-state index is 13.1. The number of carbonyl (C=O) groups excluding carboxylic acids is 1. The lowest BCUT2D eigenvalue weighted by molar-refractivity contribution is -0.138. The number of amides is 1. The molecule has 1 N–H and O–H groups in total. The quantitative estimate of drug-likeness (QED) is 0.785. The smallest absolute Gasteiger partial charge is 0.408 e. The summed E-state index contributed by atoms with van der Waals surface area (Å²) >= 11 is 0.721. The molecule has 0 radical (unpaired) electrons. The zero-order chi connectivity index (χ0) is 19.5. The van der Waals surface area contributed by atoms with Crippen LogP contribution in [0, 0.1) is 18.3 Å². The highest BCUT2D eigenvalue weighted by Crippen LogP contribution is 2.35. The van der Waals surface area contributed by atoms with Crippen molar-refractivity contribution in [3.63, 3.8) is 0 Å². The lowest BCUT2D eigenvalue weighted by Crippen LogP contribution is -2.15. The van der Waals surface area contributed by atoms with Crippen LogP contribution in [0.25, 0.3) is 0 Å². The van der Waals surface area contributed by atoms with E-state index in [0.29, 0.717) is 5.89 Å². The summed E-state index contributed by atoms with van der Waals surface area (Å²) in [6.45, 7) is 5.05. The average Bonchev–Trinajstić information content (AvgIpc) is 3.00. The molecule has 0 atom stereocenters. The molecular formula is C15H14F3N5O2S. The highest BCUT2D eigenvalue weighted by Gasteiger charge is 2.35. The molecule has 1 amide bonds.